The van der Waals surface area contributed by atoms with Crippen LogP contribution in [0.5, 0.6) is 17.2 Å². The lowest BCUT2D eigenvalue weighted by atomic mass is 9.83. The molecule has 1 amide bonds. The van der Waals surface area contributed by atoms with Crippen LogP contribution in [-0.2, 0) is 18.5 Å². The number of ether oxygens (including phenoxy) is 3. The van der Waals surface area contributed by atoms with Crippen molar-refractivity contribution in [1.82, 2.24) is 14.5 Å². The number of amides is 1. The summed E-state index contributed by atoms with van der Waals surface area (Å²) in [7, 11) is 4.82. The number of H-pyrrole nitrogens is 1. The first-order chi connectivity index (χ1) is 19.5. The number of aromatic amines is 1. The van der Waals surface area contributed by atoms with Crippen molar-refractivity contribution in [2.45, 2.75) is 39.3 Å². The molecule has 3 aromatic carbocycles. The number of hydrogen-bond acceptors (Lipinski definition) is 6. The molecule has 41 heavy (non-hydrogen) atoms. The van der Waals surface area contributed by atoms with Crippen molar-refractivity contribution in [3.8, 4) is 34.1 Å². The van der Waals surface area contributed by atoms with Gasteiger partial charge in [0.05, 0.1) is 27.0 Å². The van der Waals surface area contributed by atoms with Crippen LogP contribution >= 0.6 is 0 Å². The normalized spacial score (nSPS) is 12.8. The molecule has 212 valence electrons. The van der Waals surface area contributed by atoms with E-state index < -0.39 is 11.2 Å². The number of hydrogen-bond donors (Lipinski definition) is 1. The van der Waals surface area contributed by atoms with Crippen molar-refractivity contribution in [1.29, 1.82) is 0 Å². The standard InChI is InChI=1S/C32H33N3O6/c1-32(2,3)26-15-22(35-12-11-28(36)33-31(35)38)14-25(29(26)41-6)19-8-10-24-21(13-19)18-34(30(24)37)17-20-7-9-23(39-4)16-27(20)40-5/h7-16H,17-18H2,1-6H3,(H,33,36,38). The van der Waals surface area contributed by atoms with Crippen LogP contribution in [0.4, 0.5) is 0 Å². The number of aromatic nitrogens is 2. The maximum Gasteiger partial charge on any atom is 0.332 e. The summed E-state index contributed by atoms with van der Waals surface area (Å²) < 4.78 is 18.2. The maximum atomic E-state index is 13.4. The van der Waals surface area contributed by atoms with Gasteiger partial charge in [0.2, 0.25) is 0 Å². The zero-order chi connectivity index (χ0) is 29.5. The molecule has 0 spiro atoms. The summed E-state index contributed by atoms with van der Waals surface area (Å²) in [6, 6.07) is 16.4. The molecule has 0 bridgehead atoms. The van der Waals surface area contributed by atoms with Gasteiger partial charge >= 0.3 is 5.69 Å². The Labute approximate surface area is 237 Å². The van der Waals surface area contributed by atoms with Crippen LogP contribution in [0.2, 0.25) is 0 Å². The SMILES string of the molecule is COc1ccc(CN2Cc3cc(-c4cc(-n5ccc(=O)[nH]c5=O)cc(C(C)(C)C)c4OC)ccc3C2=O)c(OC)c1. The van der Waals surface area contributed by atoms with E-state index in [9.17, 15) is 14.4 Å². The van der Waals surface area contributed by atoms with Crippen LogP contribution in [0.3, 0.4) is 0 Å². The van der Waals surface area contributed by atoms with E-state index in [1.807, 2.05) is 42.5 Å². The summed E-state index contributed by atoms with van der Waals surface area (Å²) in [6.45, 7) is 7.03. The smallest absolute Gasteiger partial charge is 0.332 e. The minimum atomic E-state index is -0.530. The van der Waals surface area contributed by atoms with Crippen molar-refractivity contribution >= 4 is 5.91 Å². The number of methoxy groups -OCH3 is 3. The van der Waals surface area contributed by atoms with E-state index in [2.05, 4.69) is 25.8 Å². The highest BCUT2D eigenvalue weighted by molar-refractivity contribution is 5.99. The lowest BCUT2D eigenvalue weighted by Gasteiger charge is -2.25. The summed E-state index contributed by atoms with van der Waals surface area (Å²) in [6.07, 6.45) is 1.46. The van der Waals surface area contributed by atoms with Gasteiger partial charge in [0.15, 0.2) is 0 Å². The first-order valence-corrected chi connectivity index (χ1v) is 13.2. The summed E-state index contributed by atoms with van der Waals surface area (Å²) in [5, 5.41) is 0. The van der Waals surface area contributed by atoms with Crippen molar-refractivity contribution in [3.05, 3.63) is 104 Å². The Kier molecular flexibility index (Phi) is 7.21. The average Bonchev–Trinajstić information content (AvgIpc) is 3.26. The van der Waals surface area contributed by atoms with Gasteiger partial charge in [-0.2, -0.15) is 0 Å². The van der Waals surface area contributed by atoms with E-state index in [0.29, 0.717) is 41.6 Å². The molecule has 0 unspecified atom stereocenters. The summed E-state index contributed by atoms with van der Waals surface area (Å²) in [5.41, 5.74) is 4.23. The molecule has 0 fully saturated rings. The fourth-order valence-corrected chi connectivity index (χ4v) is 5.23. The molecular weight excluding hydrogens is 522 g/mol. The molecule has 0 atom stereocenters. The number of nitrogens with one attached hydrogen (secondary N) is 1. The Bertz CT molecular complexity index is 1760. The molecule has 0 aliphatic carbocycles. The Morgan fingerprint density at radius 3 is 2.29 bits per heavy atom. The van der Waals surface area contributed by atoms with Gasteiger partial charge in [-0.25, -0.2) is 4.79 Å². The van der Waals surface area contributed by atoms with E-state index in [4.69, 9.17) is 14.2 Å². The number of nitrogens with zero attached hydrogens (tertiary/aromatic N) is 2. The van der Waals surface area contributed by atoms with Crippen LogP contribution in [0.15, 0.2) is 70.4 Å². The van der Waals surface area contributed by atoms with Gasteiger partial charge in [-0.05, 0) is 52.9 Å². The Morgan fingerprint density at radius 2 is 1.63 bits per heavy atom. The topological polar surface area (TPSA) is 103 Å². The molecular formula is C32H33N3O6. The largest absolute Gasteiger partial charge is 0.497 e. The van der Waals surface area contributed by atoms with Crippen molar-refractivity contribution in [3.63, 3.8) is 0 Å². The third-order valence-electron chi connectivity index (χ3n) is 7.34. The van der Waals surface area contributed by atoms with Gasteiger partial charge in [-0.3, -0.25) is 19.1 Å². The number of carbonyl (C=O) groups is 1. The number of carbonyl (C=O) groups excluding carboxylic acids is 1. The second-order valence-electron chi connectivity index (χ2n) is 11.0. The molecule has 9 nitrogen and oxygen atoms in total. The minimum Gasteiger partial charge on any atom is -0.497 e. The monoisotopic (exact) mass is 555 g/mol. The summed E-state index contributed by atoms with van der Waals surface area (Å²) in [4.78, 5) is 41.8. The second-order valence-corrected chi connectivity index (χ2v) is 11.0. The fraction of sp³-hybridized carbons (Fsp3) is 0.281. The minimum absolute atomic E-state index is 0.0553. The van der Waals surface area contributed by atoms with E-state index in [0.717, 1.165) is 27.8 Å². The predicted molar refractivity (Wildman–Crippen MR) is 156 cm³/mol. The van der Waals surface area contributed by atoms with Crippen LogP contribution < -0.4 is 25.5 Å². The van der Waals surface area contributed by atoms with Gasteiger partial charge in [0.1, 0.15) is 17.2 Å². The third-order valence-corrected chi connectivity index (χ3v) is 7.34. The highest BCUT2D eigenvalue weighted by atomic mass is 16.5. The maximum absolute atomic E-state index is 13.4. The quantitative estimate of drug-likeness (QED) is 0.356. The molecule has 4 aromatic rings. The number of fused-ring (bicyclic) bond motifs is 1. The van der Waals surface area contributed by atoms with E-state index in [-0.39, 0.29) is 11.3 Å². The Balaban J connectivity index is 1.57. The van der Waals surface area contributed by atoms with Gasteiger partial charge in [0, 0.05) is 53.7 Å². The molecule has 1 aliphatic heterocycles. The van der Waals surface area contributed by atoms with Crippen LogP contribution in [0, 0.1) is 0 Å². The summed E-state index contributed by atoms with van der Waals surface area (Å²) in [5.74, 6) is 1.96. The fourth-order valence-electron chi connectivity index (χ4n) is 5.23. The molecule has 1 N–H and O–H groups in total. The van der Waals surface area contributed by atoms with Crippen molar-refractivity contribution < 1.29 is 19.0 Å². The number of benzene rings is 3. The van der Waals surface area contributed by atoms with Crippen molar-refractivity contribution in [2.24, 2.45) is 0 Å². The second kappa shape index (κ2) is 10.6. The molecule has 0 radical (unpaired) electrons. The van der Waals surface area contributed by atoms with Crippen LogP contribution in [0.25, 0.3) is 16.8 Å². The molecule has 1 aromatic heterocycles. The third kappa shape index (κ3) is 5.23. The van der Waals surface area contributed by atoms with Crippen LogP contribution in [0.1, 0.15) is 47.8 Å². The van der Waals surface area contributed by atoms with E-state index in [1.54, 1.807) is 32.3 Å². The Morgan fingerprint density at radius 1 is 0.854 bits per heavy atom. The van der Waals surface area contributed by atoms with E-state index in [1.165, 1.54) is 16.8 Å². The lowest BCUT2D eigenvalue weighted by Crippen LogP contribution is -2.27. The zero-order valence-electron chi connectivity index (χ0n) is 24.0. The Hall–Kier alpha value is -4.79. The average molecular weight is 556 g/mol. The highest BCUT2D eigenvalue weighted by Gasteiger charge is 2.30. The molecule has 2 heterocycles. The molecule has 0 saturated carbocycles. The van der Waals surface area contributed by atoms with Gasteiger partial charge in [-0.1, -0.05) is 26.8 Å². The molecule has 9 heteroatoms. The first kappa shape index (κ1) is 27.8. The highest BCUT2D eigenvalue weighted by Crippen LogP contribution is 2.42. The van der Waals surface area contributed by atoms with Crippen molar-refractivity contribution in [2.75, 3.05) is 21.3 Å². The van der Waals surface area contributed by atoms with Crippen LogP contribution in [-0.4, -0.2) is 41.7 Å². The van der Waals surface area contributed by atoms with Gasteiger partial charge in [0.25, 0.3) is 11.5 Å². The van der Waals surface area contributed by atoms with E-state index >= 15 is 0 Å². The number of rotatable bonds is 7. The lowest BCUT2D eigenvalue weighted by molar-refractivity contribution is 0.0765. The molecule has 1 aliphatic rings. The van der Waals surface area contributed by atoms with Gasteiger partial charge in [-0.15, -0.1) is 0 Å². The molecule has 5 rings (SSSR count). The first-order valence-electron chi connectivity index (χ1n) is 13.2. The zero-order valence-corrected chi connectivity index (χ0v) is 24.0. The van der Waals surface area contributed by atoms with Gasteiger partial charge < -0.3 is 19.1 Å². The summed E-state index contributed by atoms with van der Waals surface area (Å²) >= 11 is 0. The predicted octanol–water partition coefficient (Wildman–Crippen LogP) is 4.67. The molecule has 0 saturated heterocycles.